The third-order valence-corrected chi connectivity index (χ3v) is 6.19. The molecule has 1 aromatic heterocycles. The summed E-state index contributed by atoms with van der Waals surface area (Å²) < 4.78 is 1.80. The van der Waals surface area contributed by atoms with Gasteiger partial charge in [0.15, 0.2) is 0 Å². The van der Waals surface area contributed by atoms with Crippen molar-refractivity contribution in [3.63, 3.8) is 0 Å². The van der Waals surface area contributed by atoms with E-state index in [0.717, 1.165) is 30.8 Å². The molecule has 0 aliphatic carbocycles. The lowest BCUT2D eigenvalue weighted by molar-refractivity contribution is -0.121. The summed E-state index contributed by atoms with van der Waals surface area (Å²) in [4.78, 5) is 15.3. The highest BCUT2D eigenvalue weighted by Gasteiger charge is 2.35. The van der Waals surface area contributed by atoms with Crippen LogP contribution in [0, 0.1) is 0 Å². The molecule has 25 heavy (non-hydrogen) atoms. The number of benzene rings is 1. The largest absolute Gasteiger partial charge is 0.325 e. The average Bonchev–Trinajstić information content (AvgIpc) is 3.34. The van der Waals surface area contributed by atoms with Crippen molar-refractivity contribution in [1.82, 2.24) is 14.7 Å². The minimum Gasteiger partial charge on any atom is -0.325 e. The minimum atomic E-state index is 0.0152. The number of nitrogens with one attached hydrogen (secondary N) is 1. The van der Waals surface area contributed by atoms with Gasteiger partial charge in [-0.25, -0.2) is 4.68 Å². The fourth-order valence-corrected chi connectivity index (χ4v) is 4.98. The molecule has 1 amide bonds. The van der Waals surface area contributed by atoms with E-state index in [2.05, 4.69) is 15.3 Å². The maximum atomic E-state index is 12.9. The van der Waals surface area contributed by atoms with Crippen LogP contribution in [0.3, 0.4) is 0 Å². The van der Waals surface area contributed by atoms with Gasteiger partial charge in [-0.05, 0) is 68.0 Å². The van der Waals surface area contributed by atoms with Crippen molar-refractivity contribution in [2.45, 2.75) is 37.8 Å². The molecule has 1 atom stereocenters. The van der Waals surface area contributed by atoms with Crippen LogP contribution in [0.4, 0.5) is 5.69 Å². The molecule has 1 N–H and O–H groups in total. The van der Waals surface area contributed by atoms with Gasteiger partial charge in [-0.2, -0.15) is 16.9 Å². The normalized spacial score (nSPS) is 22.2. The number of thioether (sulfide) groups is 1. The van der Waals surface area contributed by atoms with Crippen LogP contribution in [0.2, 0.25) is 0 Å². The van der Waals surface area contributed by atoms with Crippen molar-refractivity contribution in [3.8, 4) is 5.69 Å². The number of hydrogen-bond acceptors (Lipinski definition) is 4. The van der Waals surface area contributed by atoms with Gasteiger partial charge in [-0.15, -0.1) is 0 Å². The van der Waals surface area contributed by atoms with Crippen molar-refractivity contribution in [2.24, 2.45) is 0 Å². The molecule has 2 aromatic rings. The average molecular weight is 356 g/mol. The molecule has 0 radical (unpaired) electrons. The first-order valence-corrected chi connectivity index (χ1v) is 10.2. The van der Waals surface area contributed by atoms with Gasteiger partial charge >= 0.3 is 0 Å². The minimum absolute atomic E-state index is 0.0152. The lowest BCUT2D eigenvalue weighted by atomic mass is 10.1. The van der Waals surface area contributed by atoms with Gasteiger partial charge in [0.2, 0.25) is 5.91 Å². The summed E-state index contributed by atoms with van der Waals surface area (Å²) in [6.07, 6.45) is 8.17. The number of aromatic nitrogens is 2. The number of carbonyl (C=O) groups excluding carboxylic acids is 1. The van der Waals surface area contributed by atoms with Gasteiger partial charge in [-0.3, -0.25) is 9.69 Å². The van der Waals surface area contributed by atoms with E-state index in [9.17, 15) is 4.79 Å². The van der Waals surface area contributed by atoms with Crippen LogP contribution >= 0.6 is 11.8 Å². The zero-order valence-corrected chi connectivity index (χ0v) is 15.1. The molecule has 2 aliphatic rings. The standard InChI is InChI=1S/C19H24N4OS/c24-19(18-6-2-10-22(18)16-7-12-25-13-8-16)21-15-4-1-5-17(14-15)23-11-3-9-20-23/h1,3-5,9,11,14,16,18H,2,6-8,10,12-13H2,(H,21,24)/t18-/m1/s1. The molecule has 132 valence electrons. The molecule has 2 saturated heterocycles. The molecule has 6 heteroatoms. The second-order valence-electron chi connectivity index (χ2n) is 6.73. The van der Waals surface area contributed by atoms with Crippen LogP contribution in [0.5, 0.6) is 0 Å². The number of likely N-dealkylation sites (tertiary alicyclic amines) is 1. The molecule has 5 nitrogen and oxygen atoms in total. The molecule has 0 bridgehead atoms. The summed E-state index contributed by atoms with van der Waals surface area (Å²) in [6, 6.07) is 10.4. The van der Waals surface area contributed by atoms with E-state index in [4.69, 9.17) is 0 Å². The number of hydrogen-bond donors (Lipinski definition) is 1. The first-order valence-electron chi connectivity index (χ1n) is 9.06. The molecule has 0 spiro atoms. The van der Waals surface area contributed by atoms with Gasteiger partial charge in [0, 0.05) is 24.1 Å². The monoisotopic (exact) mass is 356 g/mol. The predicted octanol–water partition coefficient (Wildman–Crippen LogP) is 3.17. The van der Waals surface area contributed by atoms with Crippen LogP contribution in [0.1, 0.15) is 25.7 Å². The third-order valence-electron chi connectivity index (χ3n) is 5.14. The summed E-state index contributed by atoms with van der Waals surface area (Å²) >= 11 is 2.03. The number of nitrogens with zero attached hydrogens (tertiary/aromatic N) is 3. The second kappa shape index (κ2) is 7.62. The highest BCUT2D eigenvalue weighted by Crippen LogP contribution is 2.29. The van der Waals surface area contributed by atoms with E-state index in [-0.39, 0.29) is 11.9 Å². The van der Waals surface area contributed by atoms with Crippen molar-refractivity contribution >= 4 is 23.4 Å². The van der Waals surface area contributed by atoms with Gasteiger partial charge in [0.25, 0.3) is 0 Å². The second-order valence-corrected chi connectivity index (χ2v) is 7.95. The Bertz CT molecular complexity index is 712. The molecular formula is C19H24N4OS. The summed E-state index contributed by atoms with van der Waals surface area (Å²) in [5.74, 6) is 2.58. The molecule has 3 heterocycles. The Hall–Kier alpha value is -1.79. The lowest BCUT2D eigenvalue weighted by Crippen LogP contribution is -2.46. The van der Waals surface area contributed by atoms with E-state index in [1.54, 1.807) is 10.9 Å². The van der Waals surface area contributed by atoms with Crippen LogP contribution < -0.4 is 5.32 Å². The Morgan fingerprint density at radius 1 is 1.20 bits per heavy atom. The maximum absolute atomic E-state index is 12.9. The Morgan fingerprint density at radius 3 is 2.88 bits per heavy atom. The Balaban J connectivity index is 1.45. The van der Waals surface area contributed by atoms with E-state index in [0.29, 0.717) is 6.04 Å². The highest BCUT2D eigenvalue weighted by molar-refractivity contribution is 7.99. The number of anilines is 1. The predicted molar refractivity (Wildman–Crippen MR) is 102 cm³/mol. The van der Waals surface area contributed by atoms with Crippen molar-refractivity contribution < 1.29 is 4.79 Å². The molecule has 2 aliphatic heterocycles. The number of amides is 1. The van der Waals surface area contributed by atoms with Gasteiger partial charge in [0.05, 0.1) is 11.7 Å². The fraction of sp³-hybridized carbons (Fsp3) is 0.474. The Kier molecular flexibility index (Phi) is 5.08. The van der Waals surface area contributed by atoms with E-state index < -0.39 is 0 Å². The van der Waals surface area contributed by atoms with E-state index in [1.165, 1.54) is 24.3 Å². The Morgan fingerprint density at radius 2 is 2.08 bits per heavy atom. The molecule has 0 saturated carbocycles. The summed E-state index contributed by atoms with van der Waals surface area (Å²) in [7, 11) is 0. The van der Waals surface area contributed by atoms with Gasteiger partial charge < -0.3 is 5.32 Å². The summed E-state index contributed by atoms with van der Waals surface area (Å²) in [6.45, 7) is 1.06. The van der Waals surface area contributed by atoms with Gasteiger partial charge in [-0.1, -0.05) is 6.07 Å². The highest BCUT2D eigenvalue weighted by atomic mass is 32.2. The van der Waals surface area contributed by atoms with Crippen LogP contribution in [0.25, 0.3) is 5.69 Å². The lowest BCUT2D eigenvalue weighted by Gasteiger charge is -2.34. The van der Waals surface area contributed by atoms with Crippen LogP contribution in [-0.2, 0) is 4.79 Å². The van der Waals surface area contributed by atoms with Gasteiger partial charge in [0.1, 0.15) is 0 Å². The SMILES string of the molecule is O=C(Nc1cccc(-n2cccn2)c1)[C@H]1CCCN1C1CCSCC1. The number of carbonyl (C=O) groups is 1. The zero-order valence-electron chi connectivity index (χ0n) is 14.3. The molecule has 1 aromatic carbocycles. The molecule has 2 fully saturated rings. The Labute approximate surface area is 152 Å². The summed E-state index contributed by atoms with van der Waals surface area (Å²) in [5.41, 5.74) is 1.79. The smallest absolute Gasteiger partial charge is 0.241 e. The van der Waals surface area contributed by atoms with Crippen LogP contribution in [0.15, 0.2) is 42.7 Å². The van der Waals surface area contributed by atoms with Crippen molar-refractivity contribution in [1.29, 1.82) is 0 Å². The van der Waals surface area contributed by atoms with Crippen LogP contribution in [-0.4, -0.2) is 50.7 Å². The van der Waals surface area contributed by atoms with Crippen molar-refractivity contribution in [3.05, 3.63) is 42.7 Å². The van der Waals surface area contributed by atoms with Crippen molar-refractivity contribution in [2.75, 3.05) is 23.4 Å². The number of rotatable bonds is 4. The first-order chi connectivity index (χ1) is 12.3. The quantitative estimate of drug-likeness (QED) is 0.914. The third kappa shape index (κ3) is 3.75. The first kappa shape index (κ1) is 16.7. The maximum Gasteiger partial charge on any atom is 0.241 e. The zero-order chi connectivity index (χ0) is 17.1. The summed E-state index contributed by atoms with van der Waals surface area (Å²) in [5, 5.41) is 7.38. The molecule has 4 rings (SSSR count). The molecular weight excluding hydrogens is 332 g/mol. The van der Waals surface area contributed by atoms with E-state index >= 15 is 0 Å². The van der Waals surface area contributed by atoms with E-state index in [1.807, 2.05) is 48.3 Å². The molecule has 0 unspecified atom stereocenters. The fourth-order valence-electron chi connectivity index (χ4n) is 3.90. The topological polar surface area (TPSA) is 50.2 Å².